The molecule has 0 saturated heterocycles. The first-order valence-corrected chi connectivity index (χ1v) is 4.86. The van der Waals surface area contributed by atoms with Crippen LogP contribution in [0.1, 0.15) is 24.8 Å². The minimum Gasteiger partial charge on any atom is -0.384 e. The summed E-state index contributed by atoms with van der Waals surface area (Å²) in [6.45, 7) is 3.11. The highest BCUT2D eigenvalue weighted by molar-refractivity contribution is 5.57. The van der Waals surface area contributed by atoms with Crippen molar-refractivity contribution in [1.82, 2.24) is 0 Å². The molecule has 1 aliphatic rings. The molecule has 3 N–H and O–H groups in total. The lowest BCUT2D eigenvalue weighted by Gasteiger charge is -2.12. The predicted octanol–water partition coefficient (Wildman–Crippen LogP) is 1.93. The summed E-state index contributed by atoms with van der Waals surface area (Å²) in [6, 6.07) is 8.79. The van der Waals surface area contributed by atoms with Gasteiger partial charge in [-0.15, -0.1) is 0 Å². The van der Waals surface area contributed by atoms with Gasteiger partial charge in [-0.25, -0.2) is 0 Å². The average Bonchev–Trinajstić information content (AvgIpc) is 2.48. The van der Waals surface area contributed by atoms with Gasteiger partial charge in [0.15, 0.2) is 0 Å². The van der Waals surface area contributed by atoms with Crippen molar-refractivity contribution >= 4 is 5.69 Å². The third-order valence-corrected chi connectivity index (χ3v) is 2.60. The third kappa shape index (κ3) is 1.68. The van der Waals surface area contributed by atoms with E-state index in [4.69, 9.17) is 5.73 Å². The van der Waals surface area contributed by atoms with Gasteiger partial charge in [0.05, 0.1) is 0 Å². The zero-order valence-corrected chi connectivity index (χ0v) is 7.96. The van der Waals surface area contributed by atoms with Crippen LogP contribution in [-0.2, 0) is 0 Å². The highest BCUT2D eigenvalue weighted by Crippen LogP contribution is 2.33. The molecule has 0 saturated carbocycles. The number of hydrogen-bond acceptors (Lipinski definition) is 2. The molecule has 1 heterocycles. The lowest BCUT2D eigenvalue weighted by Crippen LogP contribution is -2.19. The molecule has 70 valence electrons. The molecule has 0 aliphatic carbocycles. The second-order valence-corrected chi connectivity index (χ2v) is 3.88. The maximum atomic E-state index is 5.80. The molecule has 2 heteroatoms. The maximum absolute atomic E-state index is 5.80. The van der Waals surface area contributed by atoms with Crippen molar-refractivity contribution in [2.75, 3.05) is 11.9 Å². The minimum atomic E-state index is 0.290. The van der Waals surface area contributed by atoms with Gasteiger partial charge < -0.3 is 11.1 Å². The van der Waals surface area contributed by atoms with E-state index in [1.807, 2.05) is 0 Å². The maximum Gasteiger partial charge on any atom is 0.0376 e. The Labute approximate surface area is 79.1 Å². The number of fused-ring (bicyclic) bond motifs is 1. The summed E-state index contributed by atoms with van der Waals surface area (Å²) in [4.78, 5) is 0. The largest absolute Gasteiger partial charge is 0.384 e. The molecule has 1 aromatic rings. The standard InChI is InChI=1S/C11H16N2/c1-8(12)6-9-7-13-11-5-3-2-4-10(9)11/h2-5,8-9,13H,6-7,12H2,1H3/t8-,9?/m1/s1. The molecule has 2 atom stereocenters. The topological polar surface area (TPSA) is 38.0 Å². The Balaban J connectivity index is 2.18. The van der Waals surface area contributed by atoms with Crippen molar-refractivity contribution in [2.24, 2.45) is 5.73 Å². The molecule has 1 aliphatic heterocycles. The lowest BCUT2D eigenvalue weighted by molar-refractivity contribution is 0.584. The van der Waals surface area contributed by atoms with Crippen LogP contribution in [0.2, 0.25) is 0 Å². The predicted molar refractivity (Wildman–Crippen MR) is 55.9 cm³/mol. The molecule has 2 nitrogen and oxygen atoms in total. The van der Waals surface area contributed by atoms with Crippen molar-refractivity contribution < 1.29 is 0 Å². The summed E-state index contributed by atoms with van der Waals surface area (Å²) in [6.07, 6.45) is 1.07. The summed E-state index contributed by atoms with van der Waals surface area (Å²) >= 11 is 0. The van der Waals surface area contributed by atoms with Gasteiger partial charge in [0, 0.05) is 24.2 Å². The van der Waals surface area contributed by atoms with E-state index in [1.165, 1.54) is 11.3 Å². The number of para-hydroxylation sites is 1. The van der Waals surface area contributed by atoms with E-state index in [1.54, 1.807) is 0 Å². The number of nitrogens with one attached hydrogen (secondary N) is 1. The van der Waals surface area contributed by atoms with Gasteiger partial charge in [0.1, 0.15) is 0 Å². The summed E-state index contributed by atoms with van der Waals surface area (Å²) in [5.41, 5.74) is 8.52. The number of rotatable bonds is 2. The second-order valence-electron chi connectivity index (χ2n) is 3.88. The fraction of sp³-hybridized carbons (Fsp3) is 0.455. The zero-order valence-electron chi connectivity index (χ0n) is 7.96. The van der Waals surface area contributed by atoms with Crippen LogP contribution < -0.4 is 11.1 Å². The van der Waals surface area contributed by atoms with E-state index in [2.05, 4.69) is 36.5 Å². The molecule has 0 bridgehead atoms. The van der Waals surface area contributed by atoms with Gasteiger partial charge in [0.2, 0.25) is 0 Å². The second kappa shape index (κ2) is 3.38. The van der Waals surface area contributed by atoms with E-state index >= 15 is 0 Å². The Hall–Kier alpha value is -1.02. The summed E-state index contributed by atoms with van der Waals surface area (Å²) in [5, 5.41) is 3.40. The van der Waals surface area contributed by atoms with Crippen LogP contribution in [0.3, 0.4) is 0 Å². The molecular weight excluding hydrogens is 160 g/mol. The number of hydrogen-bond donors (Lipinski definition) is 2. The zero-order chi connectivity index (χ0) is 9.26. The fourth-order valence-electron chi connectivity index (χ4n) is 2.02. The van der Waals surface area contributed by atoms with E-state index in [0.717, 1.165) is 13.0 Å². The average molecular weight is 176 g/mol. The molecule has 0 amide bonds. The van der Waals surface area contributed by atoms with Crippen LogP contribution in [0.25, 0.3) is 0 Å². The highest BCUT2D eigenvalue weighted by atomic mass is 14.9. The first kappa shape index (κ1) is 8.57. The van der Waals surface area contributed by atoms with Crippen molar-refractivity contribution in [3.63, 3.8) is 0 Å². The summed E-state index contributed by atoms with van der Waals surface area (Å²) < 4.78 is 0. The molecule has 0 radical (unpaired) electrons. The van der Waals surface area contributed by atoms with E-state index in [9.17, 15) is 0 Å². The van der Waals surface area contributed by atoms with Crippen molar-refractivity contribution in [1.29, 1.82) is 0 Å². The van der Waals surface area contributed by atoms with Gasteiger partial charge in [-0.3, -0.25) is 0 Å². The van der Waals surface area contributed by atoms with Gasteiger partial charge in [-0.2, -0.15) is 0 Å². The van der Waals surface area contributed by atoms with Crippen LogP contribution in [-0.4, -0.2) is 12.6 Å². The molecule has 1 unspecified atom stereocenters. The normalized spacial score (nSPS) is 22.2. The van der Waals surface area contributed by atoms with Gasteiger partial charge in [-0.05, 0) is 25.0 Å². The molecule has 1 aromatic carbocycles. The van der Waals surface area contributed by atoms with Crippen LogP contribution in [0.5, 0.6) is 0 Å². The first-order chi connectivity index (χ1) is 6.27. The van der Waals surface area contributed by atoms with Crippen LogP contribution in [0.4, 0.5) is 5.69 Å². The van der Waals surface area contributed by atoms with E-state index in [-0.39, 0.29) is 6.04 Å². The molecule has 0 aromatic heterocycles. The monoisotopic (exact) mass is 176 g/mol. The van der Waals surface area contributed by atoms with Gasteiger partial charge in [-0.1, -0.05) is 18.2 Å². The highest BCUT2D eigenvalue weighted by Gasteiger charge is 2.21. The fourth-order valence-corrected chi connectivity index (χ4v) is 2.02. The van der Waals surface area contributed by atoms with Crippen LogP contribution in [0.15, 0.2) is 24.3 Å². The number of benzene rings is 1. The molecule has 13 heavy (non-hydrogen) atoms. The Morgan fingerprint density at radius 3 is 3.08 bits per heavy atom. The molecular formula is C11H16N2. The Morgan fingerprint density at radius 2 is 2.31 bits per heavy atom. The molecule has 0 spiro atoms. The van der Waals surface area contributed by atoms with Crippen LogP contribution >= 0.6 is 0 Å². The summed E-state index contributed by atoms with van der Waals surface area (Å²) in [7, 11) is 0. The molecule has 2 rings (SSSR count). The number of nitrogens with two attached hydrogens (primary N) is 1. The number of anilines is 1. The summed E-state index contributed by atoms with van der Waals surface area (Å²) in [5.74, 6) is 0.608. The van der Waals surface area contributed by atoms with Gasteiger partial charge >= 0.3 is 0 Å². The Bertz CT molecular complexity index is 294. The first-order valence-electron chi connectivity index (χ1n) is 4.86. The lowest BCUT2D eigenvalue weighted by atomic mass is 9.95. The van der Waals surface area contributed by atoms with E-state index < -0.39 is 0 Å². The van der Waals surface area contributed by atoms with Crippen LogP contribution in [0, 0.1) is 0 Å². The smallest absolute Gasteiger partial charge is 0.0376 e. The molecule has 0 fully saturated rings. The van der Waals surface area contributed by atoms with Crippen molar-refractivity contribution in [3.8, 4) is 0 Å². The minimum absolute atomic E-state index is 0.290. The third-order valence-electron chi connectivity index (χ3n) is 2.60. The van der Waals surface area contributed by atoms with Crippen molar-refractivity contribution in [3.05, 3.63) is 29.8 Å². The van der Waals surface area contributed by atoms with E-state index in [0.29, 0.717) is 5.92 Å². The Kier molecular flexibility index (Phi) is 2.23. The quantitative estimate of drug-likeness (QED) is 0.722. The SMILES string of the molecule is C[C@@H](N)CC1CNc2ccccc21. The van der Waals surface area contributed by atoms with Gasteiger partial charge in [0.25, 0.3) is 0 Å². The van der Waals surface area contributed by atoms with Crippen molar-refractivity contribution in [2.45, 2.75) is 25.3 Å². The Morgan fingerprint density at radius 1 is 1.54 bits per heavy atom.